The van der Waals surface area contributed by atoms with E-state index in [1.54, 1.807) is 6.07 Å². The van der Waals surface area contributed by atoms with Crippen molar-refractivity contribution in [2.75, 3.05) is 19.8 Å². The lowest BCUT2D eigenvalue weighted by Crippen LogP contribution is -2.41. The molecule has 1 aliphatic heterocycles. The third-order valence-corrected chi connectivity index (χ3v) is 3.23. The van der Waals surface area contributed by atoms with Crippen LogP contribution in [0, 0.1) is 6.92 Å². The van der Waals surface area contributed by atoms with Crippen molar-refractivity contribution in [1.82, 2.24) is 5.32 Å². The summed E-state index contributed by atoms with van der Waals surface area (Å²) < 4.78 is 11.8. The Morgan fingerprint density at radius 1 is 1.39 bits per heavy atom. The number of nitrogens with one attached hydrogen (secondary N) is 1. The zero-order valence-electron chi connectivity index (χ0n) is 10.5. The van der Waals surface area contributed by atoms with Gasteiger partial charge in [-0.1, -0.05) is 15.9 Å². The Morgan fingerprint density at radius 2 is 2.06 bits per heavy atom. The predicted octanol–water partition coefficient (Wildman–Crippen LogP) is 2.25. The first kappa shape index (κ1) is 13.5. The maximum Gasteiger partial charge on any atom is 0.251 e. The number of hydrogen-bond donors (Lipinski definition) is 1. The van der Waals surface area contributed by atoms with E-state index in [9.17, 15) is 4.79 Å². The summed E-state index contributed by atoms with van der Waals surface area (Å²) in [6.07, 6.45) is 0. The molecular formula is C13H16BrNO3. The van der Waals surface area contributed by atoms with E-state index in [0.717, 1.165) is 10.0 Å². The van der Waals surface area contributed by atoms with Crippen molar-refractivity contribution in [1.29, 1.82) is 0 Å². The van der Waals surface area contributed by atoms with Crippen LogP contribution >= 0.6 is 15.9 Å². The molecule has 18 heavy (non-hydrogen) atoms. The molecule has 1 heterocycles. The minimum atomic E-state index is -0.698. The maximum atomic E-state index is 12.0. The van der Waals surface area contributed by atoms with E-state index in [4.69, 9.17) is 9.47 Å². The van der Waals surface area contributed by atoms with Gasteiger partial charge in [-0.05, 0) is 37.6 Å². The summed E-state index contributed by atoms with van der Waals surface area (Å²) in [7, 11) is 0. The van der Waals surface area contributed by atoms with Crippen LogP contribution in [0.5, 0.6) is 0 Å². The highest BCUT2D eigenvalue weighted by Crippen LogP contribution is 2.18. The van der Waals surface area contributed by atoms with Gasteiger partial charge in [-0.2, -0.15) is 0 Å². The van der Waals surface area contributed by atoms with Crippen molar-refractivity contribution in [2.45, 2.75) is 19.6 Å². The second kappa shape index (κ2) is 5.38. The molecule has 1 aromatic rings. The number of benzene rings is 1. The van der Waals surface area contributed by atoms with Crippen molar-refractivity contribution < 1.29 is 14.3 Å². The molecule has 0 saturated carbocycles. The lowest BCUT2D eigenvalue weighted by molar-refractivity contribution is -0.136. The SMILES string of the molecule is Cc1cc(Br)cc(C(=O)NCC2(C)OCCO2)c1. The molecular weight excluding hydrogens is 298 g/mol. The number of halogens is 1. The summed E-state index contributed by atoms with van der Waals surface area (Å²) in [5, 5.41) is 2.83. The van der Waals surface area contributed by atoms with Crippen molar-refractivity contribution in [2.24, 2.45) is 0 Å². The molecule has 0 bridgehead atoms. The molecule has 2 rings (SSSR count). The fraction of sp³-hybridized carbons (Fsp3) is 0.462. The molecule has 4 nitrogen and oxygen atoms in total. The number of aryl methyl sites for hydroxylation is 1. The van der Waals surface area contributed by atoms with Crippen molar-refractivity contribution >= 4 is 21.8 Å². The first-order chi connectivity index (χ1) is 8.48. The Balaban J connectivity index is 1.99. The normalized spacial score (nSPS) is 17.7. The van der Waals surface area contributed by atoms with E-state index in [1.165, 1.54) is 0 Å². The summed E-state index contributed by atoms with van der Waals surface area (Å²) in [5.41, 5.74) is 1.66. The fourth-order valence-electron chi connectivity index (χ4n) is 1.87. The molecule has 0 aliphatic carbocycles. The minimum absolute atomic E-state index is 0.125. The average molecular weight is 314 g/mol. The van der Waals surface area contributed by atoms with E-state index >= 15 is 0 Å². The number of hydrogen-bond acceptors (Lipinski definition) is 3. The minimum Gasteiger partial charge on any atom is -0.347 e. The van der Waals surface area contributed by atoms with Gasteiger partial charge in [0.2, 0.25) is 0 Å². The molecule has 1 saturated heterocycles. The number of rotatable bonds is 3. The van der Waals surface area contributed by atoms with E-state index in [2.05, 4.69) is 21.2 Å². The smallest absolute Gasteiger partial charge is 0.251 e. The zero-order valence-corrected chi connectivity index (χ0v) is 12.0. The molecule has 1 aromatic carbocycles. The van der Waals surface area contributed by atoms with Gasteiger partial charge in [0, 0.05) is 10.0 Å². The van der Waals surface area contributed by atoms with Crippen molar-refractivity contribution in [3.63, 3.8) is 0 Å². The standard InChI is InChI=1S/C13H16BrNO3/c1-9-5-10(7-11(14)6-9)12(16)15-8-13(2)17-3-4-18-13/h5-7H,3-4,8H2,1-2H3,(H,15,16). The molecule has 0 radical (unpaired) electrons. The molecule has 1 aliphatic rings. The quantitative estimate of drug-likeness (QED) is 0.931. The third kappa shape index (κ3) is 3.31. The van der Waals surface area contributed by atoms with E-state index < -0.39 is 5.79 Å². The molecule has 1 fully saturated rings. The molecule has 1 amide bonds. The average Bonchev–Trinajstić information content (AvgIpc) is 2.72. The molecule has 0 spiro atoms. The molecule has 5 heteroatoms. The number of ether oxygens (including phenoxy) is 2. The van der Waals surface area contributed by atoms with Crippen LogP contribution in [0.3, 0.4) is 0 Å². The summed E-state index contributed by atoms with van der Waals surface area (Å²) in [6.45, 7) is 5.26. The van der Waals surface area contributed by atoms with Crippen LogP contribution in [0.25, 0.3) is 0 Å². The number of amides is 1. The number of carbonyl (C=O) groups is 1. The summed E-state index contributed by atoms with van der Waals surface area (Å²) in [4.78, 5) is 12.0. The topological polar surface area (TPSA) is 47.6 Å². The van der Waals surface area contributed by atoms with Crippen molar-refractivity contribution in [3.8, 4) is 0 Å². The summed E-state index contributed by atoms with van der Waals surface area (Å²) in [6, 6.07) is 5.60. The Bertz CT molecular complexity index is 435. The lowest BCUT2D eigenvalue weighted by atomic mass is 10.1. The van der Waals surface area contributed by atoms with E-state index in [-0.39, 0.29) is 5.91 Å². The Morgan fingerprint density at radius 3 is 2.67 bits per heavy atom. The summed E-state index contributed by atoms with van der Waals surface area (Å²) >= 11 is 3.38. The van der Waals surface area contributed by atoms with E-state index in [1.807, 2.05) is 26.0 Å². The second-order valence-electron chi connectivity index (χ2n) is 4.53. The highest BCUT2D eigenvalue weighted by atomic mass is 79.9. The van der Waals surface area contributed by atoms with Gasteiger partial charge in [-0.25, -0.2) is 0 Å². The molecule has 98 valence electrons. The van der Waals surface area contributed by atoms with Crippen LogP contribution in [-0.4, -0.2) is 31.5 Å². The van der Waals surface area contributed by atoms with Crippen LogP contribution in [0.4, 0.5) is 0 Å². The molecule has 0 unspecified atom stereocenters. The Hall–Kier alpha value is -0.910. The first-order valence-corrected chi connectivity index (χ1v) is 6.61. The van der Waals surface area contributed by atoms with Gasteiger partial charge < -0.3 is 14.8 Å². The first-order valence-electron chi connectivity index (χ1n) is 5.82. The van der Waals surface area contributed by atoms with Gasteiger partial charge in [0.1, 0.15) is 0 Å². The van der Waals surface area contributed by atoms with Gasteiger partial charge >= 0.3 is 0 Å². The second-order valence-corrected chi connectivity index (χ2v) is 5.45. The molecule has 1 N–H and O–H groups in total. The van der Waals surface area contributed by atoms with Gasteiger partial charge in [0.15, 0.2) is 5.79 Å². The lowest BCUT2D eigenvalue weighted by Gasteiger charge is -2.22. The molecule has 0 aromatic heterocycles. The van der Waals surface area contributed by atoms with Crippen LogP contribution in [-0.2, 0) is 9.47 Å². The molecule has 0 atom stereocenters. The predicted molar refractivity (Wildman–Crippen MR) is 71.5 cm³/mol. The Kier molecular flexibility index (Phi) is 4.04. The zero-order chi connectivity index (χ0) is 13.2. The number of carbonyl (C=O) groups excluding carboxylic acids is 1. The fourth-order valence-corrected chi connectivity index (χ4v) is 2.48. The monoisotopic (exact) mass is 313 g/mol. The van der Waals surface area contributed by atoms with E-state index in [0.29, 0.717) is 25.3 Å². The summed E-state index contributed by atoms with van der Waals surface area (Å²) in [5.74, 6) is -0.823. The third-order valence-electron chi connectivity index (χ3n) is 2.77. The largest absolute Gasteiger partial charge is 0.347 e. The Labute approximate surface area is 115 Å². The maximum absolute atomic E-state index is 12.0. The van der Waals surface area contributed by atoms with Crippen LogP contribution in [0.1, 0.15) is 22.8 Å². The van der Waals surface area contributed by atoms with Crippen molar-refractivity contribution in [3.05, 3.63) is 33.8 Å². The highest BCUT2D eigenvalue weighted by molar-refractivity contribution is 9.10. The van der Waals surface area contributed by atoms with Crippen LogP contribution < -0.4 is 5.32 Å². The van der Waals surface area contributed by atoms with Crippen LogP contribution in [0.2, 0.25) is 0 Å². The van der Waals surface area contributed by atoms with Gasteiger partial charge in [-0.15, -0.1) is 0 Å². The van der Waals surface area contributed by atoms with Gasteiger partial charge in [0.25, 0.3) is 5.91 Å². The highest BCUT2D eigenvalue weighted by Gasteiger charge is 2.31. The van der Waals surface area contributed by atoms with Gasteiger partial charge in [0.05, 0.1) is 19.8 Å². The van der Waals surface area contributed by atoms with Gasteiger partial charge in [-0.3, -0.25) is 4.79 Å². The van der Waals surface area contributed by atoms with Crippen LogP contribution in [0.15, 0.2) is 22.7 Å².